The number of anilines is 1. The van der Waals surface area contributed by atoms with E-state index in [1.165, 1.54) is 0 Å². The van der Waals surface area contributed by atoms with Gasteiger partial charge in [-0.1, -0.05) is 19.9 Å². The summed E-state index contributed by atoms with van der Waals surface area (Å²) in [6.45, 7) is 4.33. The van der Waals surface area contributed by atoms with Gasteiger partial charge in [-0.05, 0) is 53.6 Å². The van der Waals surface area contributed by atoms with E-state index in [2.05, 4.69) is 27.9 Å². The monoisotopic (exact) mass is 386 g/mol. The van der Waals surface area contributed by atoms with Gasteiger partial charge in [0.25, 0.3) is 5.91 Å². The third-order valence-electron chi connectivity index (χ3n) is 3.92. The first-order valence-electron chi connectivity index (χ1n) is 6.91. The van der Waals surface area contributed by atoms with Crippen LogP contribution in [0.25, 0.3) is 0 Å². The topological polar surface area (TPSA) is 49.4 Å². The largest absolute Gasteiger partial charge is 0.342 e. The highest BCUT2D eigenvalue weighted by atomic mass is 127. The second kappa shape index (κ2) is 6.11. The van der Waals surface area contributed by atoms with Gasteiger partial charge in [-0.3, -0.25) is 9.59 Å². The maximum absolute atomic E-state index is 12.9. The normalized spacial score (nSPS) is 18.6. The number of hydrogen-bond donors (Lipinski definition) is 1. The molecule has 4 nitrogen and oxygen atoms in total. The molecular weight excluding hydrogens is 367 g/mol. The summed E-state index contributed by atoms with van der Waals surface area (Å²) in [6.07, 6.45) is 1.56. The average molecular weight is 386 g/mol. The Morgan fingerprint density at radius 3 is 2.60 bits per heavy atom. The van der Waals surface area contributed by atoms with Crippen molar-refractivity contribution in [3.05, 3.63) is 27.8 Å². The van der Waals surface area contributed by atoms with E-state index >= 15 is 0 Å². The van der Waals surface area contributed by atoms with Gasteiger partial charge in [0.1, 0.15) is 5.54 Å². The summed E-state index contributed by atoms with van der Waals surface area (Å²) < 4.78 is 1.08. The van der Waals surface area contributed by atoms with Crippen molar-refractivity contribution in [2.24, 2.45) is 0 Å². The zero-order valence-corrected chi connectivity index (χ0v) is 13.9. The minimum atomic E-state index is -0.769. The maximum atomic E-state index is 12.9. The Morgan fingerprint density at radius 1 is 1.30 bits per heavy atom. The Morgan fingerprint density at radius 2 is 2.00 bits per heavy atom. The van der Waals surface area contributed by atoms with Crippen LogP contribution in [0.3, 0.4) is 0 Å². The molecule has 1 N–H and O–H groups in total. The van der Waals surface area contributed by atoms with E-state index in [0.717, 1.165) is 9.26 Å². The van der Waals surface area contributed by atoms with Gasteiger partial charge in [-0.15, -0.1) is 0 Å². The summed E-state index contributed by atoms with van der Waals surface area (Å²) in [6, 6.07) is 7.82. The van der Waals surface area contributed by atoms with E-state index in [1.807, 2.05) is 38.1 Å². The summed E-state index contributed by atoms with van der Waals surface area (Å²) in [4.78, 5) is 26.6. The number of amides is 2. The van der Waals surface area contributed by atoms with E-state index < -0.39 is 5.54 Å². The summed E-state index contributed by atoms with van der Waals surface area (Å²) in [5, 5.41) is 2.92. The first-order chi connectivity index (χ1) is 9.52. The average Bonchev–Trinajstić information content (AvgIpc) is 2.56. The van der Waals surface area contributed by atoms with Gasteiger partial charge < -0.3 is 10.2 Å². The van der Waals surface area contributed by atoms with E-state index in [9.17, 15) is 9.59 Å². The van der Waals surface area contributed by atoms with Crippen molar-refractivity contribution < 1.29 is 9.59 Å². The van der Waals surface area contributed by atoms with Gasteiger partial charge in [-0.25, -0.2) is 0 Å². The van der Waals surface area contributed by atoms with Gasteiger partial charge in [0.2, 0.25) is 5.91 Å². The van der Waals surface area contributed by atoms with Crippen molar-refractivity contribution in [1.82, 2.24) is 5.32 Å². The second-order valence-corrected chi connectivity index (χ2v) is 6.27. The lowest BCUT2D eigenvalue weighted by molar-refractivity contribution is -0.130. The Bertz CT molecular complexity index is 526. The molecule has 0 atom stereocenters. The molecule has 0 saturated carbocycles. The van der Waals surface area contributed by atoms with Crippen LogP contribution in [-0.4, -0.2) is 23.9 Å². The van der Waals surface area contributed by atoms with Gasteiger partial charge in [0, 0.05) is 22.2 Å². The fourth-order valence-corrected chi connectivity index (χ4v) is 3.10. The molecule has 0 aliphatic carbocycles. The molecule has 0 spiro atoms. The van der Waals surface area contributed by atoms with Crippen LogP contribution in [0.5, 0.6) is 0 Å². The molecule has 0 unspecified atom stereocenters. The zero-order chi connectivity index (χ0) is 14.8. The van der Waals surface area contributed by atoms with Crippen LogP contribution >= 0.6 is 22.6 Å². The van der Waals surface area contributed by atoms with E-state index in [-0.39, 0.29) is 11.8 Å². The van der Waals surface area contributed by atoms with Gasteiger partial charge >= 0.3 is 0 Å². The first kappa shape index (κ1) is 15.3. The minimum absolute atomic E-state index is 0.00431. The number of hydrogen-bond acceptors (Lipinski definition) is 2. The molecule has 1 fully saturated rings. The van der Waals surface area contributed by atoms with Crippen LogP contribution < -0.4 is 10.2 Å². The molecule has 1 aromatic rings. The molecular formula is C15H19IN2O2. The zero-order valence-electron chi connectivity index (χ0n) is 11.8. The van der Waals surface area contributed by atoms with Gasteiger partial charge in [0.05, 0.1) is 0 Å². The van der Waals surface area contributed by atoms with Crippen molar-refractivity contribution in [2.45, 2.75) is 38.6 Å². The van der Waals surface area contributed by atoms with Crippen molar-refractivity contribution in [1.29, 1.82) is 0 Å². The Hall–Kier alpha value is -1.11. The Kier molecular flexibility index (Phi) is 4.67. The predicted molar refractivity (Wildman–Crippen MR) is 87.6 cm³/mol. The predicted octanol–water partition coefficient (Wildman–Crippen LogP) is 2.70. The molecule has 0 bridgehead atoms. The molecule has 108 valence electrons. The summed E-state index contributed by atoms with van der Waals surface area (Å²) in [5.41, 5.74) is 0.0965. The van der Waals surface area contributed by atoms with Gasteiger partial charge in [-0.2, -0.15) is 0 Å². The number of carbonyl (C=O) groups excluding carboxylic acids is 2. The van der Waals surface area contributed by atoms with Crippen LogP contribution in [-0.2, 0) is 9.59 Å². The van der Waals surface area contributed by atoms with Crippen molar-refractivity contribution in [3.63, 3.8) is 0 Å². The molecule has 2 rings (SSSR count). The lowest BCUT2D eigenvalue weighted by Gasteiger charge is -2.33. The minimum Gasteiger partial charge on any atom is -0.342 e. The number of nitrogens with one attached hydrogen (secondary N) is 1. The molecule has 2 amide bonds. The molecule has 0 aromatic heterocycles. The SMILES string of the molecule is CCC1(CC)NC(=O)CCN(c2cccc(I)c2)C1=O. The number of benzene rings is 1. The number of rotatable bonds is 3. The smallest absolute Gasteiger partial charge is 0.252 e. The van der Waals surface area contributed by atoms with Gasteiger partial charge in [0.15, 0.2) is 0 Å². The molecule has 0 radical (unpaired) electrons. The first-order valence-corrected chi connectivity index (χ1v) is 7.99. The number of carbonyl (C=O) groups is 2. The fourth-order valence-electron chi connectivity index (χ4n) is 2.58. The lowest BCUT2D eigenvalue weighted by atomic mass is 9.91. The highest BCUT2D eigenvalue weighted by molar-refractivity contribution is 14.1. The fraction of sp³-hybridized carbons (Fsp3) is 0.467. The standard InChI is InChI=1S/C15H19IN2O2/c1-3-15(4-2)14(20)18(9-8-13(19)17-15)12-7-5-6-11(16)10-12/h5-7,10H,3-4,8-9H2,1-2H3,(H,17,19). The van der Waals surface area contributed by atoms with Crippen LogP contribution in [0.1, 0.15) is 33.1 Å². The molecule has 1 aliphatic rings. The van der Waals surface area contributed by atoms with E-state index in [4.69, 9.17) is 0 Å². The van der Waals surface area contributed by atoms with Crippen molar-refractivity contribution in [3.8, 4) is 0 Å². The van der Waals surface area contributed by atoms with E-state index in [1.54, 1.807) is 4.90 Å². The Balaban J connectivity index is 2.42. The number of nitrogens with zero attached hydrogens (tertiary/aromatic N) is 1. The summed E-state index contributed by atoms with van der Waals surface area (Å²) >= 11 is 2.23. The Labute approximate surface area is 133 Å². The summed E-state index contributed by atoms with van der Waals surface area (Å²) in [7, 11) is 0. The third-order valence-corrected chi connectivity index (χ3v) is 4.59. The molecule has 1 aliphatic heterocycles. The maximum Gasteiger partial charge on any atom is 0.252 e. The molecule has 20 heavy (non-hydrogen) atoms. The van der Waals surface area contributed by atoms with Crippen molar-refractivity contribution in [2.75, 3.05) is 11.4 Å². The molecule has 5 heteroatoms. The quantitative estimate of drug-likeness (QED) is 0.813. The van der Waals surface area contributed by atoms with Crippen LogP contribution in [0.15, 0.2) is 24.3 Å². The van der Waals surface area contributed by atoms with E-state index in [0.29, 0.717) is 25.8 Å². The van der Waals surface area contributed by atoms with Crippen LogP contribution in [0, 0.1) is 3.57 Å². The lowest BCUT2D eigenvalue weighted by Crippen LogP contribution is -2.56. The highest BCUT2D eigenvalue weighted by Crippen LogP contribution is 2.27. The van der Waals surface area contributed by atoms with Crippen molar-refractivity contribution >= 4 is 40.1 Å². The third kappa shape index (κ3) is 2.82. The van der Waals surface area contributed by atoms with Crippen LogP contribution in [0.4, 0.5) is 5.69 Å². The molecule has 1 aromatic carbocycles. The highest BCUT2D eigenvalue weighted by Gasteiger charge is 2.42. The van der Waals surface area contributed by atoms with Crippen LogP contribution in [0.2, 0.25) is 0 Å². The number of halogens is 1. The second-order valence-electron chi connectivity index (χ2n) is 5.02. The molecule has 1 saturated heterocycles. The summed E-state index contributed by atoms with van der Waals surface area (Å²) in [5.74, 6) is -0.0504. The molecule has 1 heterocycles.